The first-order valence-corrected chi connectivity index (χ1v) is 6.13. The van der Waals surface area contributed by atoms with E-state index in [1.165, 1.54) is 0 Å². The maximum Gasteiger partial charge on any atom is 0.166 e. The van der Waals surface area contributed by atoms with Gasteiger partial charge in [-0.1, -0.05) is 37.3 Å². The van der Waals surface area contributed by atoms with Crippen LogP contribution in [0.5, 0.6) is 0 Å². The van der Waals surface area contributed by atoms with Gasteiger partial charge in [-0.15, -0.1) is 11.8 Å². The van der Waals surface area contributed by atoms with Gasteiger partial charge < -0.3 is 0 Å². The molecule has 0 heterocycles. The lowest BCUT2D eigenvalue weighted by Gasteiger charge is -2.02. The van der Waals surface area contributed by atoms with E-state index < -0.39 is 0 Å². The highest BCUT2D eigenvalue weighted by atomic mass is 32.2. The highest BCUT2D eigenvalue weighted by Crippen LogP contribution is 2.20. The number of Topliss-reactive ketones (excluding diaryl/α,β-unsaturated/α-hetero) is 1. The monoisotopic (exact) mass is 220 g/mol. The van der Waals surface area contributed by atoms with Crippen molar-refractivity contribution in [1.82, 2.24) is 0 Å². The zero-order valence-electron chi connectivity index (χ0n) is 9.19. The van der Waals surface area contributed by atoms with Crippen molar-refractivity contribution >= 4 is 23.6 Å². The minimum Gasteiger partial charge on any atom is -0.294 e. The average Bonchev–Trinajstić information content (AvgIpc) is 2.25. The molecule has 0 saturated carbocycles. The Kier molecular flexibility index (Phi) is 5.19. The van der Waals surface area contributed by atoms with Crippen LogP contribution in [0.2, 0.25) is 0 Å². The van der Waals surface area contributed by atoms with Crippen LogP contribution in [0.4, 0.5) is 0 Å². The standard InChI is InChI=1S/C13H16OS/c1-3-9-15-13(11(2)14)10-12-7-5-4-6-8-12/h4-8,10H,3,9H2,1-2H3/b13-10-. The topological polar surface area (TPSA) is 17.1 Å². The van der Waals surface area contributed by atoms with E-state index >= 15 is 0 Å². The van der Waals surface area contributed by atoms with Crippen molar-refractivity contribution < 1.29 is 4.79 Å². The average molecular weight is 220 g/mol. The molecular weight excluding hydrogens is 204 g/mol. The van der Waals surface area contributed by atoms with Gasteiger partial charge in [-0.3, -0.25) is 4.79 Å². The molecule has 0 aliphatic heterocycles. The molecule has 0 saturated heterocycles. The zero-order chi connectivity index (χ0) is 11.1. The Morgan fingerprint density at radius 3 is 2.53 bits per heavy atom. The predicted molar refractivity (Wildman–Crippen MR) is 67.8 cm³/mol. The summed E-state index contributed by atoms with van der Waals surface area (Å²) in [6, 6.07) is 9.96. The summed E-state index contributed by atoms with van der Waals surface area (Å²) in [5.41, 5.74) is 1.09. The second-order valence-electron chi connectivity index (χ2n) is 3.32. The normalized spacial score (nSPS) is 11.5. The molecule has 15 heavy (non-hydrogen) atoms. The van der Waals surface area contributed by atoms with Crippen molar-refractivity contribution in [2.24, 2.45) is 0 Å². The molecular formula is C13H16OS. The SMILES string of the molecule is CCCS/C(=C\c1ccccc1)C(C)=O. The maximum atomic E-state index is 11.4. The van der Waals surface area contributed by atoms with E-state index in [0.717, 1.165) is 22.6 Å². The second kappa shape index (κ2) is 6.46. The number of rotatable bonds is 5. The first-order valence-electron chi connectivity index (χ1n) is 5.14. The molecule has 0 fully saturated rings. The number of benzene rings is 1. The van der Waals surface area contributed by atoms with Crippen LogP contribution in [0.25, 0.3) is 6.08 Å². The van der Waals surface area contributed by atoms with Gasteiger partial charge in [0.15, 0.2) is 5.78 Å². The Hall–Kier alpha value is -1.02. The van der Waals surface area contributed by atoms with E-state index in [4.69, 9.17) is 0 Å². The van der Waals surface area contributed by atoms with Crippen LogP contribution in [0, 0.1) is 0 Å². The highest BCUT2D eigenvalue weighted by Gasteiger charge is 2.03. The first kappa shape index (κ1) is 12.1. The van der Waals surface area contributed by atoms with Gasteiger partial charge in [0.2, 0.25) is 0 Å². The lowest BCUT2D eigenvalue weighted by atomic mass is 10.2. The molecule has 0 amide bonds. The molecule has 0 spiro atoms. The predicted octanol–water partition coefficient (Wildman–Crippen LogP) is 3.76. The highest BCUT2D eigenvalue weighted by molar-refractivity contribution is 8.04. The van der Waals surface area contributed by atoms with Gasteiger partial charge in [-0.25, -0.2) is 0 Å². The van der Waals surface area contributed by atoms with Crippen LogP contribution in [-0.4, -0.2) is 11.5 Å². The fourth-order valence-electron chi connectivity index (χ4n) is 1.16. The van der Waals surface area contributed by atoms with Crippen LogP contribution < -0.4 is 0 Å². The molecule has 80 valence electrons. The molecule has 0 atom stereocenters. The van der Waals surface area contributed by atoms with E-state index in [0.29, 0.717) is 0 Å². The summed E-state index contributed by atoms with van der Waals surface area (Å²) in [6.07, 6.45) is 3.05. The van der Waals surface area contributed by atoms with Gasteiger partial charge in [0.05, 0.1) is 4.91 Å². The minimum absolute atomic E-state index is 0.150. The number of carbonyl (C=O) groups is 1. The molecule has 1 nitrogen and oxygen atoms in total. The van der Waals surface area contributed by atoms with E-state index in [9.17, 15) is 4.79 Å². The summed E-state index contributed by atoms with van der Waals surface area (Å²) in [7, 11) is 0. The quantitative estimate of drug-likeness (QED) is 0.703. The summed E-state index contributed by atoms with van der Waals surface area (Å²) in [5, 5.41) is 0. The third kappa shape index (κ3) is 4.34. The summed E-state index contributed by atoms with van der Waals surface area (Å²) in [4.78, 5) is 12.2. The van der Waals surface area contributed by atoms with Gasteiger partial charge in [0.25, 0.3) is 0 Å². The Labute approximate surface area is 95.6 Å². The smallest absolute Gasteiger partial charge is 0.166 e. The largest absolute Gasteiger partial charge is 0.294 e. The Morgan fingerprint density at radius 1 is 1.33 bits per heavy atom. The van der Waals surface area contributed by atoms with Crippen molar-refractivity contribution in [2.45, 2.75) is 20.3 Å². The van der Waals surface area contributed by atoms with E-state index in [-0.39, 0.29) is 5.78 Å². The molecule has 0 aliphatic carbocycles. The second-order valence-corrected chi connectivity index (χ2v) is 4.46. The van der Waals surface area contributed by atoms with E-state index in [1.807, 2.05) is 36.4 Å². The number of allylic oxidation sites excluding steroid dienone is 1. The summed E-state index contributed by atoms with van der Waals surface area (Å²) < 4.78 is 0. The van der Waals surface area contributed by atoms with Crippen LogP contribution in [0.3, 0.4) is 0 Å². The Balaban J connectivity index is 2.79. The van der Waals surface area contributed by atoms with Gasteiger partial charge >= 0.3 is 0 Å². The van der Waals surface area contributed by atoms with Crippen molar-refractivity contribution in [1.29, 1.82) is 0 Å². The van der Waals surface area contributed by atoms with Crippen molar-refractivity contribution in [2.75, 3.05) is 5.75 Å². The molecule has 0 bridgehead atoms. The first-order chi connectivity index (χ1) is 7.24. The summed E-state index contributed by atoms with van der Waals surface area (Å²) >= 11 is 1.64. The fraction of sp³-hybridized carbons (Fsp3) is 0.308. The molecule has 1 aromatic carbocycles. The summed E-state index contributed by atoms with van der Waals surface area (Å²) in [6.45, 7) is 3.74. The Bertz CT molecular complexity index is 341. The van der Waals surface area contributed by atoms with Gasteiger partial charge in [0.1, 0.15) is 0 Å². The molecule has 2 heteroatoms. The minimum atomic E-state index is 0.150. The van der Waals surface area contributed by atoms with Crippen molar-refractivity contribution in [3.8, 4) is 0 Å². The van der Waals surface area contributed by atoms with Crippen LogP contribution in [-0.2, 0) is 4.79 Å². The number of carbonyl (C=O) groups excluding carboxylic acids is 1. The summed E-state index contributed by atoms with van der Waals surface area (Å²) in [5.74, 6) is 1.15. The van der Waals surface area contributed by atoms with E-state index in [2.05, 4.69) is 6.92 Å². The molecule has 0 aromatic heterocycles. The van der Waals surface area contributed by atoms with Gasteiger partial charge in [-0.05, 0) is 30.7 Å². The number of thioether (sulfide) groups is 1. The van der Waals surface area contributed by atoms with Gasteiger partial charge in [0, 0.05) is 0 Å². The van der Waals surface area contributed by atoms with Crippen molar-refractivity contribution in [3.63, 3.8) is 0 Å². The zero-order valence-corrected chi connectivity index (χ0v) is 10.0. The van der Waals surface area contributed by atoms with Crippen LogP contribution in [0.15, 0.2) is 35.2 Å². The van der Waals surface area contributed by atoms with Crippen LogP contribution >= 0.6 is 11.8 Å². The number of ketones is 1. The van der Waals surface area contributed by atoms with Crippen molar-refractivity contribution in [3.05, 3.63) is 40.8 Å². The molecule has 1 rings (SSSR count). The van der Waals surface area contributed by atoms with E-state index in [1.54, 1.807) is 18.7 Å². The lowest BCUT2D eigenvalue weighted by Crippen LogP contribution is -1.93. The number of hydrogen-bond donors (Lipinski definition) is 0. The molecule has 0 unspecified atom stereocenters. The maximum absolute atomic E-state index is 11.4. The van der Waals surface area contributed by atoms with Crippen LogP contribution in [0.1, 0.15) is 25.8 Å². The fourth-order valence-corrected chi connectivity index (χ4v) is 2.00. The lowest BCUT2D eigenvalue weighted by molar-refractivity contribution is -0.112. The third-order valence-corrected chi connectivity index (χ3v) is 3.23. The molecule has 1 aromatic rings. The molecule has 0 aliphatic rings. The Morgan fingerprint density at radius 2 is 2.00 bits per heavy atom. The molecule has 0 N–H and O–H groups in total. The van der Waals surface area contributed by atoms with Gasteiger partial charge in [-0.2, -0.15) is 0 Å². The molecule has 0 radical (unpaired) electrons. The third-order valence-electron chi connectivity index (χ3n) is 1.91. The number of hydrogen-bond acceptors (Lipinski definition) is 2.